The topological polar surface area (TPSA) is 65.1 Å². The number of amides is 2. The van der Waals surface area contributed by atoms with Crippen LogP contribution in [0.4, 0.5) is 15.8 Å². The lowest BCUT2D eigenvalue weighted by Crippen LogP contribution is -2.47. The Kier molecular flexibility index (Phi) is 8.44. The van der Waals surface area contributed by atoms with Crippen LogP contribution in [-0.4, -0.2) is 62.5 Å². The lowest BCUT2D eigenvalue weighted by atomic mass is 10.1. The molecule has 1 fully saturated rings. The monoisotopic (exact) mass is 548 g/mol. The molecule has 9 heteroatoms. The summed E-state index contributed by atoms with van der Waals surface area (Å²) in [5.41, 5.74) is 1.87. The maximum Gasteiger partial charge on any atom is 0.294 e. The van der Waals surface area contributed by atoms with E-state index in [-0.39, 0.29) is 23.8 Å². The van der Waals surface area contributed by atoms with E-state index >= 15 is 0 Å². The van der Waals surface area contributed by atoms with E-state index < -0.39 is 11.7 Å². The molecule has 39 heavy (non-hydrogen) atoms. The number of halogens is 2. The van der Waals surface area contributed by atoms with Crippen molar-refractivity contribution in [2.75, 3.05) is 55.6 Å². The summed E-state index contributed by atoms with van der Waals surface area (Å²) in [7, 11) is 0. The summed E-state index contributed by atoms with van der Waals surface area (Å²) in [5.74, 6) is -0.830. The number of hydrogen-bond acceptors (Lipinski definition) is 5. The maximum absolute atomic E-state index is 14.2. The van der Waals surface area contributed by atoms with Gasteiger partial charge in [-0.05, 0) is 55.4 Å². The van der Waals surface area contributed by atoms with E-state index in [4.69, 9.17) is 16.3 Å². The molecule has 0 unspecified atom stereocenters. The SMILES string of the molecule is O=C(CN1C(=O)C(=Cc2ccccc2F)Oc2ccccc21)NCCCN1CCN(c2cccc(Cl)c2)CC1. The number of fused-ring (bicyclic) bond motifs is 1. The Morgan fingerprint density at radius 3 is 2.56 bits per heavy atom. The first-order chi connectivity index (χ1) is 19.0. The average molecular weight is 549 g/mol. The molecular formula is C30H30ClFN4O3. The van der Waals surface area contributed by atoms with Crippen LogP contribution in [0.5, 0.6) is 5.75 Å². The smallest absolute Gasteiger partial charge is 0.294 e. The van der Waals surface area contributed by atoms with E-state index in [1.54, 1.807) is 42.5 Å². The van der Waals surface area contributed by atoms with Gasteiger partial charge in [0.2, 0.25) is 5.91 Å². The molecule has 0 saturated carbocycles. The van der Waals surface area contributed by atoms with Gasteiger partial charge in [-0.2, -0.15) is 0 Å². The first-order valence-corrected chi connectivity index (χ1v) is 13.4. The normalized spacial score (nSPS) is 16.7. The molecule has 1 saturated heterocycles. The zero-order valence-corrected chi connectivity index (χ0v) is 22.2. The minimum absolute atomic E-state index is 0.0384. The summed E-state index contributed by atoms with van der Waals surface area (Å²) < 4.78 is 20.0. The van der Waals surface area contributed by atoms with Gasteiger partial charge < -0.3 is 15.0 Å². The fraction of sp³-hybridized carbons (Fsp3) is 0.267. The van der Waals surface area contributed by atoms with Gasteiger partial charge in [0.05, 0.1) is 5.69 Å². The second kappa shape index (κ2) is 12.3. The van der Waals surface area contributed by atoms with E-state index in [0.717, 1.165) is 49.9 Å². The van der Waals surface area contributed by atoms with Gasteiger partial charge in [-0.25, -0.2) is 4.39 Å². The van der Waals surface area contributed by atoms with Crippen molar-refractivity contribution in [3.8, 4) is 5.75 Å². The number of nitrogens with zero attached hydrogens (tertiary/aromatic N) is 3. The molecule has 3 aromatic rings. The second-order valence-electron chi connectivity index (χ2n) is 9.50. The molecule has 0 aromatic heterocycles. The van der Waals surface area contributed by atoms with E-state index in [1.165, 1.54) is 17.0 Å². The number of rotatable bonds is 8. The van der Waals surface area contributed by atoms with Crippen molar-refractivity contribution in [1.29, 1.82) is 0 Å². The number of carbonyl (C=O) groups is 2. The summed E-state index contributed by atoms with van der Waals surface area (Å²) in [5, 5.41) is 3.67. The molecule has 1 N–H and O–H groups in total. The van der Waals surface area contributed by atoms with Crippen LogP contribution in [0.3, 0.4) is 0 Å². The first-order valence-electron chi connectivity index (χ1n) is 13.0. The third kappa shape index (κ3) is 6.58. The van der Waals surface area contributed by atoms with Crippen molar-refractivity contribution in [1.82, 2.24) is 10.2 Å². The quantitative estimate of drug-likeness (QED) is 0.330. The fourth-order valence-electron chi connectivity index (χ4n) is 4.79. The van der Waals surface area contributed by atoms with Gasteiger partial charge in [-0.3, -0.25) is 19.4 Å². The van der Waals surface area contributed by atoms with Gasteiger partial charge in [0.1, 0.15) is 12.4 Å². The maximum atomic E-state index is 14.2. The zero-order valence-electron chi connectivity index (χ0n) is 21.5. The van der Waals surface area contributed by atoms with Crippen molar-refractivity contribution in [2.45, 2.75) is 6.42 Å². The molecular weight excluding hydrogens is 519 g/mol. The Balaban J connectivity index is 1.12. The molecule has 2 aliphatic rings. The van der Waals surface area contributed by atoms with E-state index in [2.05, 4.69) is 21.2 Å². The number of ether oxygens (including phenoxy) is 1. The van der Waals surface area contributed by atoms with Gasteiger partial charge in [-0.1, -0.05) is 48.0 Å². The van der Waals surface area contributed by atoms with Crippen molar-refractivity contribution in [3.63, 3.8) is 0 Å². The highest BCUT2D eigenvalue weighted by atomic mass is 35.5. The van der Waals surface area contributed by atoms with Crippen molar-refractivity contribution >= 4 is 40.9 Å². The summed E-state index contributed by atoms with van der Waals surface area (Å²) in [6.07, 6.45) is 2.17. The van der Waals surface area contributed by atoms with Crippen LogP contribution in [-0.2, 0) is 9.59 Å². The van der Waals surface area contributed by atoms with Crippen LogP contribution in [0, 0.1) is 5.82 Å². The Labute approximate surface area is 232 Å². The average Bonchev–Trinajstić information content (AvgIpc) is 2.95. The van der Waals surface area contributed by atoms with Crippen LogP contribution < -0.4 is 19.9 Å². The molecule has 0 aliphatic carbocycles. The number of piperazine rings is 1. The summed E-state index contributed by atoms with van der Waals surface area (Å²) in [6, 6.07) is 21.1. The number of benzene rings is 3. The summed E-state index contributed by atoms with van der Waals surface area (Å²) in [6.45, 7) is 4.95. The molecule has 2 heterocycles. The molecule has 0 atom stereocenters. The highest BCUT2D eigenvalue weighted by molar-refractivity contribution is 6.30. The minimum atomic E-state index is -0.496. The molecule has 5 rings (SSSR count). The number of carbonyl (C=O) groups excluding carboxylic acids is 2. The van der Waals surface area contributed by atoms with Gasteiger partial charge >= 0.3 is 0 Å². The minimum Gasteiger partial charge on any atom is -0.449 e. The predicted molar refractivity (Wildman–Crippen MR) is 152 cm³/mol. The Morgan fingerprint density at radius 1 is 1.00 bits per heavy atom. The fourth-order valence-corrected chi connectivity index (χ4v) is 4.97. The standard InChI is InChI=1S/C30H30ClFN4O3/c31-23-8-5-9-24(20-23)35-17-15-34(16-18-35)14-6-13-33-29(37)21-36-26-11-3-4-12-27(26)39-28(30(36)38)19-22-7-1-2-10-25(22)32/h1-5,7-12,19-20H,6,13-18,21H2,(H,33,37). The van der Waals surface area contributed by atoms with Gasteiger partial charge in [-0.15, -0.1) is 0 Å². The van der Waals surface area contributed by atoms with Gasteiger partial charge in [0.15, 0.2) is 11.5 Å². The molecule has 202 valence electrons. The van der Waals surface area contributed by atoms with E-state index in [1.807, 2.05) is 18.2 Å². The lowest BCUT2D eigenvalue weighted by molar-refractivity contribution is -0.123. The molecule has 0 spiro atoms. The molecule has 2 aliphatic heterocycles. The molecule has 0 bridgehead atoms. The summed E-state index contributed by atoms with van der Waals surface area (Å²) in [4.78, 5) is 32.1. The Bertz CT molecular complexity index is 1370. The molecule has 3 aromatic carbocycles. The van der Waals surface area contributed by atoms with Crippen LogP contribution >= 0.6 is 11.6 Å². The molecule has 0 radical (unpaired) electrons. The Morgan fingerprint density at radius 2 is 1.77 bits per heavy atom. The number of anilines is 2. The van der Waals surface area contributed by atoms with Crippen LogP contribution in [0.1, 0.15) is 12.0 Å². The van der Waals surface area contributed by atoms with Gasteiger partial charge in [0, 0.05) is 49.0 Å². The predicted octanol–water partition coefficient (Wildman–Crippen LogP) is 4.57. The lowest BCUT2D eigenvalue weighted by Gasteiger charge is -2.36. The summed E-state index contributed by atoms with van der Waals surface area (Å²) >= 11 is 6.13. The first kappa shape index (κ1) is 26.7. The molecule has 2 amide bonds. The highest BCUT2D eigenvalue weighted by Gasteiger charge is 2.31. The second-order valence-corrected chi connectivity index (χ2v) is 9.94. The van der Waals surface area contributed by atoms with Gasteiger partial charge in [0.25, 0.3) is 5.91 Å². The van der Waals surface area contributed by atoms with Crippen molar-refractivity contribution < 1.29 is 18.7 Å². The largest absolute Gasteiger partial charge is 0.449 e. The highest BCUT2D eigenvalue weighted by Crippen LogP contribution is 2.35. The van der Waals surface area contributed by atoms with Crippen LogP contribution in [0.25, 0.3) is 6.08 Å². The van der Waals surface area contributed by atoms with E-state index in [0.29, 0.717) is 18.0 Å². The third-order valence-corrected chi connectivity index (χ3v) is 7.08. The van der Waals surface area contributed by atoms with Crippen LogP contribution in [0.2, 0.25) is 5.02 Å². The number of nitrogens with one attached hydrogen (secondary N) is 1. The number of hydrogen-bond donors (Lipinski definition) is 1. The van der Waals surface area contributed by atoms with Crippen molar-refractivity contribution in [2.24, 2.45) is 0 Å². The number of para-hydroxylation sites is 2. The van der Waals surface area contributed by atoms with E-state index in [9.17, 15) is 14.0 Å². The zero-order chi connectivity index (χ0) is 27.2. The van der Waals surface area contributed by atoms with Crippen LogP contribution in [0.15, 0.2) is 78.6 Å². The van der Waals surface area contributed by atoms with Crippen molar-refractivity contribution in [3.05, 3.63) is 95.0 Å². The Hall–Kier alpha value is -3.88. The third-order valence-electron chi connectivity index (χ3n) is 6.84. The molecule has 7 nitrogen and oxygen atoms in total.